The maximum atomic E-state index is 6.27. The summed E-state index contributed by atoms with van der Waals surface area (Å²) in [7, 11) is -0.340. The van der Waals surface area contributed by atoms with Gasteiger partial charge in [-0.05, 0) is 72.4 Å². The summed E-state index contributed by atoms with van der Waals surface area (Å²) < 4.78 is 12.5. The maximum absolute atomic E-state index is 6.27. The first kappa shape index (κ1) is 17.7. The molecule has 0 saturated carbocycles. The molecule has 0 amide bonds. The summed E-state index contributed by atoms with van der Waals surface area (Å²) in [6.45, 7) is 10.5. The Morgan fingerprint density at radius 1 is 0.607 bits per heavy atom. The van der Waals surface area contributed by atoms with E-state index >= 15 is 0 Å². The molecule has 1 saturated heterocycles. The Kier molecular flexibility index (Phi) is 3.69. The number of aryl methyl sites for hydroxylation is 1. The monoisotopic (exact) mass is 368 g/mol. The Bertz CT molecular complexity index is 1220. The molecule has 0 spiro atoms. The zero-order valence-electron chi connectivity index (χ0n) is 17.2. The van der Waals surface area contributed by atoms with Gasteiger partial charge in [0.25, 0.3) is 0 Å². The fourth-order valence-corrected chi connectivity index (χ4v) is 4.14. The SMILES string of the molecule is Cc1ccc2c(ccc3c4cc(B5OC(C)(C)C(C)(C)O5)ccc4ccc23)c1. The molecule has 0 N–H and O–H groups in total. The second kappa shape index (κ2) is 5.82. The van der Waals surface area contributed by atoms with Gasteiger partial charge >= 0.3 is 7.12 Å². The molecule has 0 aliphatic carbocycles. The van der Waals surface area contributed by atoms with Crippen LogP contribution in [0.5, 0.6) is 0 Å². The van der Waals surface area contributed by atoms with E-state index in [1.165, 1.54) is 37.9 Å². The Hall–Kier alpha value is -2.36. The average Bonchev–Trinajstić information content (AvgIpc) is 2.87. The highest BCUT2D eigenvalue weighted by molar-refractivity contribution is 6.62. The second-order valence-corrected chi connectivity index (χ2v) is 9.02. The van der Waals surface area contributed by atoms with E-state index in [1.54, 1.807) is 0 Å². The first-order valence-electron chi connectivity index (χ1n) is 9.97. The quantitative estimate of drug-likeness (QED) is 0.314. The van der Waals surface area contributed by atoms with Crippen LogP contribution >= 0.6 is 0 Å². The van der Waals surface area contributed by atoms with E-state index in [0.717, 1.165) is 5.46 Å². The van der Waals surface area contributed by atoms with Crippen LogP contribution in [0, 0.1) is 6.92 Å². The fourth-order valence-electron chi connectivity index (χ4n) is 4.14. The number of hydrogen-bond donors (Lipinski definition) is 0. The van der Waals surface area contributed by atoms with E-state index in [-0.39, 0.29) is 18.3 Å². The minimum absolute atomic E-state index is 0.334. The lowest BCUT2D eigenvalue weighted by atomic mass is 9.78. The lowest BCUT2D eigenvalue weighted by molar-refractivity contribution is 0.00578. The van der Waals surface area contributed by atoms with Crippen LogP contribution < -0.4 is 5.46 Å². The van der Waals surface area contributed by atoms with E-state index in [0.29, 0.717) is 0 Å². The van der Waals surface area contributed by atoms with Gasteiger partial charge in [-0.3, -0.25) is 0 Å². The maximum Gasteiger partial charge on any atom is 0.494 e. The van der Waals surface area contributed by atoms with Gasteiger partial charge in [0.2, 0.25) is 0 Å². The van der Waals surface area contributed by atoms with Gasteiger partial charge in [-0.15, -0.1) is 0 Å². The van der Waals surface area contributed by atoms with Crippen molar-refractivity contribution in [3.05, 3.63) is 66.2 Å². The zero-order valence-corrected chi connectivity index (χ0v) is 17.2. The van der Waals surface area contributed by atoms with E-state index < -0.39 is 0 Å². The predicted octanol–water partition coefficient (Wildman–Crippen LogP) is 5.75. The summed E-state index contributed by atoms with van der Waals surface area (Å²) in [6.07, 6.45) is 0. The summed E-state index contributed by atoms with van der Waals surface area (Å²) in [6, 6.07) is 22.1. The topological polar surface area (TPSA) is 18.5 Å². The minimum Gasteiger partial charge on any atom is -0.399 e. The predicted molar refractivity (Wildman–Crippen MR) is 119 cm³/mol. The molecule has 0 atom stereocenters. The van der Waals surface area contributed by atoms with E-state index in [1.807, 2.05) is 0 Å². The van der Waals surface area contributed by atoms with Gasteiger partial charge in [0, 0.05) is 0 Å². The van der Waals surface area contributed by atoms with Crippen molar-refractivity contribution in [2.45, 2.75) is 45.8 Å². The molecule has 140 valence electrons. The minimum atomic E-state index is -0.340. The van der Waals surface area contributed by atoms with Crippen LogP contribution in [0.15, 0.2) is 60.7 Å². The van der Waals surface area contributed by atoms with Crippen LogP contribution in [0.4, 0.5) is 0 Å². The molecule has 1 heterocycles. The summed E-state index contributed by atoms with van der Waals surface area (Å²) in [5.74, 6) is 0. The Morgan fingerprint density at radius 3 is 1.89 bits per heavy atom. The van der Waals surface area contributed by atoms with Crippen LogP contribution in [0.1, 0.15) is 33.3 Å². The van der Waals surface area contributed by atoms with Gasteiger partial charge < -0.3 is 9.31 Å². The number of hydrogen-bond acceptors (Lipinski definition) is 2. The Morgan fingerprint density at radius 2 is 1.18 bits per heavy atom. The smallest absolute Gasteiger partial charge is 0.399 e. The molecular weight excluding hydrogens is 343 g/mol. The van der Waals surface area contributed by atoms with Crippen molar-refractivity contribution in [1.82, 2.24) is 0 Å². The Labute approximate surface area is 166 Å². The molecule has 28 heavy (non-hydrogen) atoms. The first-order chi connectivity index (χ1) is 13.2. The molecule has 0 aromatic heterocycles. The van der Waals surface area contributed by atoms with Crippen LogP contribution in [0.25, 0.3) is 32.3 Å². The lowest BCUT2D eigenvalue weighted by Crippen LogP contribution is -2.41. The average molecular weight is 368 g/mol. The van der Waals surface area contributed by atoms with Crippen LogP contribution in [0.2, 0.25) is 0 Å². The molecule has 4 aromatic rings. The molecule has 0 bridgehead atoms. The first-order valence-corrected chi connectivity index (χ1v) is 9.97. The van der Waals surface area contributed by atoms with Crippen molar-refractivity contribution in [3.8, 4) is 0 Å². The highest BCUT2D eigenvalue weighted by Crippen LogP contribution is 2.37. The van der Waals surface area contributed by atoms with E-state index in [2.05, 4.69) is 95.3 Å². The largest absolute Gasteiger partial charge is 0.494 e. The van der Waals surface area contributed by atoms with E-state index in [9.17, 15) is 0 Å². The van der Waals surface area contributed by atoms with E-state index in [4.69, 9.17) is 9.31 Å². The van der Waals surface area contributed by atoms with Gasteiger partial charge in [0.1, 0.15) is 0 Å². The summed E-state index contributed by atoms with van der Waals surface area (Å²) in [4.78, 5) is 0. The van der Waals surface area contributed by atoms with Gasteiger partial charge in [0.15, 0.2) is 0 Å². The molecule has 1 aliphatic heterocycles. The van der Waals surface area contributed by atoms with Crippen molar-refractivity contribution >= 4 is 44.9 Å². The van der Waals surface area contributed by atoms with Crippen molar-refractivity contribution in [1.29, 1.82) is 0 Å². The molecule has 0 radical (unpaired) electrons. The third-order valence-electron chi connectivity index (χ3n) is 6.54. The molecule has 0 unspecified atom stereocenters. The van der Waals surface area contributed by atoms with Gasteiger partial charge in [0.05, 0.1) is 11.2 Å². The van der Waals surface area contributed by atoms with Gasteiger partial charge in [-0.1, -0.05) is 66.2 Å². The summed E-state index contributed by atoms with van der Waals surface area (Å²) in [5, 5.41) is 7.62. The second-order valence-electron chi connectivity index (χ2n) is 9.02. The Balaban J connectivity index is 1.70. The number of fused-ring (bicyclic) bond motifs is 5. The molecule has 1 fully saturated rings. The highest BCUT2D eigenvalue weighted by atomic mass is 16.7. The standard InChI is InChI=1S/C25H25BO2/c1-16-6-11-20-18(14-16)9-13-22-21(20)12-8-17-7-10-19(15-23(17)22)26-27-24(2,3)25(4,5)28-26/h6-15H,1-5H3. The van der Waals surface area contributed by atoms with Gasteiger partial charge in [-0.25, -0.2) is 0 Å². The highest BCUT2D eigenvalue weighted by Gasteiger charge is 2.51. The lowest BCUT2D eigenvalue weighted by Gasteiger charge is -2.32. The summed E-state index contributed by atoms with van der Waals surface area (Å²) >= 11 is 0. The normalized spacial score (nSPS) is 18.4. The zero-order chi connectivity index (χ0) is 19.7. The molecular formula is C25H25BO2. The van der Waals surface area contributed by atoms with Crippen LogP contribution in [0.3, 0.4) is 0 Å². The van der Waals surface area contributed by atoms with Crippen molar-refractivity contribution in [3.63, 3.8) is 0 Å². The van der Waals surface area contributed by atoms with Gasteiger partial charge in [-0.2, -0.15) is 0 Å². The third kappa shape index (κ3) is 2.57. The third-order valence-corrected chi connectivity index (χ3v) is 6.54. The fraction of sp³-hybridized carbons (Fsp3) is 0.280. The summed E-state index contributed by atoms with van der Waals surface area (Å²) in [5.41, 5.74) is 1.69. The van der Waals surface area contributed by atoms with Crippen LogP contribution in [-0.2, 0) is 9.31 Å². The molecule has 1 aliphatic rings. The number of benzene rings is 4. The molecule has 5 rings (SSSR count). The molecule has 2 nitrogen and oxygen atoms in total. The molecule has 3 heteroatoms. The van der Waals surface area contributed by atoms with Crippen molar-refractivity contribution in [2.75, 3.05) is 0 Å². The van der Waals surface area contributed by atoms with Crippen LogP contribution in [-0.4, -0.2) is 18.3 Å². The van der Waals surface area contributed by atoms with Crippen molar-refractivity contribution in [2.24, 2.45) is 0 Å². The molecule has 4 aromatic carbocycles. The van der Waals surface area contributed by atoms with Crippen molar-refractivity contribution < 1.29 is 9.31 Å². The number of rotatable bonds is 1.